The zero-order chi connectivity index (χ0) is 13.0. The maximum absolute atomic E-state index is 11.8. The maximum Gasteiger partial charge on any atom is 0.273 e. The number of hydrogen-bond donors (Lipinski definition) is 2. The van der Waals surface area contributed by atoms with Crippen molar-refractivity contribution in [2.45, 2.75) is 13.0 Å². The van der Waals surface area contributed by atoms with Crippen LogP contribution in [0.25, 0.3) is 0 Å². The minimum absolute atomic E-state index is 0.138. The average Bonchev–Trinajstić information content (AvgIpc) is 2.73. The molecule has 1 saturated heterocycles. The summed E-state index contributed by atoms with van der Waals surface area (Å²) in [6.07, 6.45) is 3.79. The summed E-state index contributed by atoms with van der Waals surface area (Å²) >= 11 is 1.79. The van der Waals surface area contributed by atoms with Gasteiger partial charge in [-0.15, -0.1) is 5.10 Å². The van der Waals surface area contributed by atoms with E-state index in [0.717, 1.165) is 18.8 Å². The first-order valence-corrected chi connectivity index (χ1v) is 7.49. The second-order valence-electron chi connectivity index (χ2n) is 4.67. The molecule has 1 amide bonds. The van der Waals surface area contributed by atoms with E-state index in [4.69, 9.17) is 0 Å². The van der Waals surface area contributed by atoms with Gasteiger partial charge in [0.15, 0.2) is 5.69 Å². The van der Waals surface area contributed by atoms with E-state index in [1.54, 1.807) is 22.6 Å². The summed E-state index contributed by atoms with van der Waals surface area (Å²) in [5, 5.41) is 13.9. The normalized spacial score (nSPS) is 17.2. The van der Waals surface area contributed by atoms with E-state index in [1.807, 2.05) is 0 Å². The number of nitrogens with one attached hydrogen (secondary N) is 2. The van der Waals surface area contributed by atoms with Crippen molar-refractivity contribution in [3.8, 4) is 0 Å². The molecule has 1 atom stereocenters. The van der Waals surface area contributed by atoms with Crippen LogP contribution in [0.4, 0.5) is 0 Å². The van der Waals surface area contributed by atoms with Crippen molar-refractivity contribution in [1.29, 1.82) is 0 Å². The molecule has 6 nitrogen and oxygen atoms in total. The Labute approximate surface area is 111 Å². The van der Waals surface area contributed by atoms with Gasteiger partial charge in [0.05, 0.1) is 12.2 Å². The van der Waals surface area contributed by atoms with Crippen LogP contribution in [0.1, 0.15) is 23.5 Å². The number of carbonyl (C=O) groups is 1. The molecular formula is C11H19N5OS. The van der Waals surface area contributed by atoms with E-state index in [-0.39, 0.29) is 5.91 Å². The first-order valence-electron chi connectivity index (χ1n) is 6.10. The highest BCUT2D eigenvalue weighted by Crippen LogP contribution is 2.10. The fourth-order valence-corrected chi connectivity index (χ4v) is 2.41. The fourth-order valence-electron chi connectivity index (χ4n) is 1.72. The largest absolute Gasteiger partial charge is 0.350 e. The van der Waals surface area contributed by atoms with Crippen LogP contribution in [0.2, 0.25) is 0 Å². The monoisotopic (exact) mass is 269 g/mol. The highest BCUT2D eigenvalue weighted by Gasteiger charge is 2.21. The molecule has 1 fully saturated rings. The molecule has 0 aliphatic carbocycles. The van der Waals surface area contributed by atoms with Crippen molar-refractivity contribution in [3.63, 3.8) is 0 Å². The molecule has 0 spiro atoms. The third kappa shape index (κ3) is 3.23. The van der Waals surface area contributed by atoms with Gasteiger partial charge in [-0.2, -0.15) is 11.8 Å². The van der Waals surface area contributed by atoms with Crippen LogP contribution in [0, 0.1) is 5.92 Å². The van der Waals surface area contributed by atoms with Crippen LogP contribution in [0.5, 0.6) is 0 Å². The van der Waals surface area contributed by atoms with Crippen LogP contribution in [0.15, 0.2) is 6.20 Å². The summed E-state index contributed by atoms with van der Waals surface area (Å²) in [5.74, 6) is 1.37. The highest BCUT2D eigenvalue weighted by atomic mass is 32.2. The summed E-state index contributed by atoms with van der Waals surface area (Å²) in [6, 6.07) is 0.342. The summed E-state index contributed by atoms with van der Waals surface area (Å²) < 4.78 is 1.76. The number of hydrogen-bond acceptors (Lipinski definition) is 5. The van der Waals surface area contributed by atoms with Gasteiger partial charge in [0.1, 0.15) is 0 Å². The number of nitrogens with zero attached hydrogens (tertiary/aromatic N) is 3. The number of rotatable bonds is 6. The van der Waals surface area contributed by atoms with Crippen LogP contribution >= 0.6 is 11.8 Å². The minimum atomic E-state index is -0.138. The van der Waals surface area contributed by atoms with Gasteiger partial charge in [0, 0.05) is 19.6 Å². The average molecular weight is 269 g/mol. The minimum Gasteiger partial charge on any atom is -0.350 e. The number of thioether (sulfide) groups is 1. The molecule has 7 heteroatoms. The highest BCUT2D eigenvalue weighted by molar-refractivity contribution is 7.98. The zero-order valence-corrected chi connectivity index (χ0v) is 11.5. The first-order chi connectivity index (χ1) is 8.70. The summed E-state index contributed by atoms with van der Waals surface area (Å²) in [6.45, 7) is 4.59. The van der Waals surface area contributed by atoms with Gasteiger partial charge < -0.3 is 10.6 Å². The standard InChI is InChI=1S/C11H19N5OS/c1-8(7-18-2)3-13-11(17)10-6-16(15-14-10)9-4-12-5-9/h6,8-9,12H,3-5,7H2,1-2H3,(H,13,17). The second-order valence-corrected chi connectivity index (χ2v) is 5.58. The van der Waals surface area contributed by atoms with Gasteiger partial charge in [0.25, 0.3) is 5.91 Å². The predicted octanol–water partition coefficient (Wildman–Crippen LogP) is 0.151. The Morgan fingerprint density at radius 1 is 1.72 bits per heavy atom. The first kappa shape index (κ1) is 13.4. The van der Waals surface area contributed by atoms with Crippen molar-refractivity contribution >= 4 is 17.7 Å². The molecule has 1 aliphatic rings. The topological polar surface area (TPSA) is 71.8 Å². The van der Waals surface area contributed by atoms with Crippen molar-refractivity contribution in [3.05, 3.63) is 11.9 Å². The van der Waals surface area contributed by atoms with Crippen molar-refractivity contribution in [2.24, 2.45) is 5.92 Å². The lowest BCUT2D eigenvalue weighted by Crippen LogP contribution is -2.43. The van der Waals surface area contributed by atoms with Gasteiger partial charge in [0.2, 0.25) is 0 Å². The van der Waals surface area contributed by atoms with E-state index in [0.29, 0.717) is 24.2 Å². The van der Waals surface area contributed by atoms with E-state index in [2.05, 4.69) is 34.1 Å². The van der Waals surface area contributed by atoms with Crippen molar-refractivity contribution < 1.29 is 4.79 Å². The van der Waals surface area contributed by atoms with E-state index in [9.17, 15) is 4.79 Å². The van der Waals surface area contributed by atoms with Crippen molar-refractivity contribution in [1.82, 2.24) is 25.6 Å². The van der Waals surface area contributed by atoms with Crippen LogP contribution < -0.4 is 10.6 Å². The molecule has 0 aromatic carbocycles. The zero-order valence-electron chi connectivity index (χ0n) is 10.7. The van der Waals surface area contributed by atoms with E-state index < -0.39 is 0 Å². The molecule has 1 aromatic heterocycles. The molecule has 18 heavy (non-hydrogen) atoms. The van der Waals surface area contributed by atoms with Crippen LogP contribution in [0.3, 0.4) is 0 Å². The maximum atomic E-state index is 11.8. The second kappa shape index (κ2) is 6.19. The van der Waals surface area contributed by atoms with Gasteiger partial charge >= 0.3 is 0 Å². The third-order valence-corrected chi connectivity index (χ3v) is 3.84. The van der Waals surface area contributed by atoms with E-state index >= 15 is 0 Å². The Morgan fingerprint density at radius 2 is 2.50 bits per heavy atom. The molecule has 2 N–H and O–H groups in total. The molecule has 100 valence electrons. The van der Waals surface area contributed by atoms with Gasteiger partial charge in [-0.3, -0.25) is 4.79 Å². The Bertz CT molecular complexity index is 404. The summed E-state index contributed by atoms with van der Waals surface area (Å²) in [5.41, 5.74) is 0.401. The lowest BCUT2D eigenvalue weighted by atomic mass is 10.2. The lowest BCUT2D eigenvalue weighted by molar-refractivity contribution is 0.0944. The number of aromatic nitrogens is 3. The lowest BCUT2D eigenvalue weighted by Gasteiger charge is -2.26. The SMILES string of the molecule is CSCC(C)CNC(=O)c1cn(C2CNC2)nn1. The fraction of sp³-hybridized carbons (Fsp3) is 0.727. The van der Waals surface area contributed by atoms with E-state index in [1.165, 1.54) is 0 Å². The molecule has 1 unspecified atom stereocenters. The van der Waals surface area contributed by atoms with Crippen LogP contribution in [-0.4, -0.2) is 52.5 Å². The molecule has 1 aromatic rings. The Hall–Kier alpha value is -1.08. The molecule has 0 saturated carbocycles. The van der Waals surface area contributed by atoms with Gasteiger partial charge in [-0.1, -0.05) is 12.1 Å². The Morgan fingerprint density at radius 3 is 3.11 bits per heavy atom. The Balaban J connectivity index is 1.82. The Kier molecular flexibility index (Phi) is 4.60. The van der Waals surface area contributed by atoms with Gasteiger partial charge in [-0.25, -0.2) is 4.68 Å². The third-order valence-electron chi connectivity index (χ3n) is 2.94. The van der Waals surface area contributed by atoms with Crippen LogP contribution in [-0.2, 0) is 0 Å². The smallest absolute Gasteiger partial charge is 0.273 e. The quantitative estimate of drug-likeness (QED) is 0.769. The molecule has 2 heterocycles. The molecule has 0 bridgehead atoms. The summed E-state index contributed by atoms with van der Waals surface area (Å²) in [7, 11) is 0. The van der Waals surface area contributed by atoms with Gasteiger partial charge in [-0.05, 0) is 17.9 Å². The summed E-state index contributed by atoms with van der Waals surface area (Å²) in [4.78, 5) is 11.8. The molecule has 1 aliphatic heterocycles. The molecule has 2 rings (SSSR count). The number of amides is 1. The number of carbonyl (C=O) groups excluding carboxylic acids is 1. The molecular weight excluding hydrogens is 250 g/mol. The molecule has 0 radical (unpaired) electrons. The predicted molar refractivity (Wildman–Crippen MR) is 71.8 cm³/mol. The van der Waals surface area contributed by atoms with Crippen molar-refractivity contribution in [2.75, 3.05) is 31.6 Å².